The Morgan fingerprint density at radius 1 is 0.743 bits per heavy atom. The van der Waals surface area contributed by atoms with E-state index in [2.05, 4.69) is 115 Å². The topological polar surface area (TPSA) is 15.3 Å². The first-order valence-corrected chi connectivity index (χ1v) is 12.3. The van der Waals surface area contributed by atoms with Gasteiger partial charge in [0.25, 0.3) is 0 Å². The summed E-state index contributed by atoms with van der Waals surface area (Å²) in [5.41, 5.74) is 11.5. The van der Waals surface area contributed by atoms with Crippen LogP contribution >= 0.6 is 11.6 Å². The van der Waals surface area contributed by atoms with Crippen molar-refractivity contribution < 1.29 is 0 Å². The molecule has 1 aliphatic rings. The van der Waals surface area contributed by atoms with Crippen LogP contribution in [0.4, 0.5) is 5.69 Å². The van der Waals surface area contributed by atoms with Gasteiger partial charge in [-0.15, -0.1) is 0 Å². The summed E-state index contributed by atoms with van der Waals surface area (Å²) in [5.74, 6) is 6.95. The van der Waals surface area contributed by atoms with Gasteiger partial charge in [0.1, 0.15) is 0 Å². The van der Waals surface area contributed by atoms with Crippen LogP contribution < -0.4 is 10.4 Å². The summed E-state index contributed by atoms with van der Waals surface area (Å²) in [6.45, 7) is 4.45. The van der Waals surface area contributed by atoms with E-state index in [0.29, 0.717) is 5.92 Å². The zero-order chi connectivity index (χ0) is 24.2. The van der Waals surface area contributed by atoms with Gasteiger partial charge in [-0.25, -0.2) is 0 Å². The molecular weight excluding hydrogens is 448 g/mol. The second-order valence-corrected chi connectivity index (χ2v) is 9.43. The Kier molecular flexibility index (Phi) is 6.62. The lowest BCUT2D eigenvalue weighted by Gasteiger charge is -2.28. The minimum absolute atomic E-state index is 0.0954. The van der Waals surface area contributed by atoms with Gasteiger partial charge in [-0.2, -0.15) is 0 Å². The monoisotopic (exact) mass is 474 g/mol. The summed E-state index contributed by atoms with van der Waals surface area (Å²) >= 11 is 5.96. The minimum atomic E-state index is 0.0954. The highest BCUT2D eigenvalue weighted by molar-refractivity contribution is 6.30. The van der Waals surface area contributed by atoms with Crippen molar-refractivity contribution in [3.05, 3.63) is 142 Å². The Morgan fingerprint density at radius 2 is 1.34 bits per heavy atom. The van der Waals surface area contributed by atoms with Gasteiger partial charge < -0.3 is 0 Å². The maximum atomic E-state index is 5.96. The molecule has 0 saturated carbocycles. The fraction of sp³-hybridized carbons (Fsp3) is 0.125. The van der Waals surface area contributed by atoms with Crippen LogP contribution in [0.5, 0.6) is 0 Å². The third kappa shape index (κ3) is 5.27. The number of benzene rings is 4. The van der Waals surface area contributed by atoms with Gasteiger partial charge >= 0.3 is 0 Å². The summed E-state index contributed by atoms with van der Waals surface area (Å²) < 4.78 is 0. The Hall–Kier alpha value is -3.93. The smallest absolute Gasteiger partial charge is 0.0958 e. The molecule has 0 bridgehead atoms. The molecule has 0 fully saturated rings. The predicted molar refractivity (Wildman–Crippen MR) is 147 cm³/mol. The van der Waals surface area contributed by atoms with Crippen LogP contribution in [0, 0.1) is 11.8 Å². The summed E-state index contributed by atoms with van der Waals surface area (Å²) in [5, 5.41) is 2.95. The molecule has 4 aromatic carbocycles. The second-order valence-electron chi connectivity index (χ2n) is 9.00. The number of nitrogens with one attached hydrogen (secondary N) is 1. The lowest BCUT2D eigenvalue weighted by molar-refractivity contribution is 0.723. The standard InChI is InChI=1S/C32H27ClN2/c1-23(2)26-16-18-28(19-17-26)32-22-31(34-35(32)30-6-4-3-5-7-30)27-14-10-24(11-15-27)8-9-25-12-20-29(33)21-13-25/h3-7,10-23,32,34H,1-2H3. The van der Waals surface area contributed by atoms with Gasteiger partial charge in [0.05, 0.1) is 17.4 Å². The quantitative estimate of drug-likeness (QED) is 0.302. The number of nitrogens with zero attached hydrogens (tertiary/aromatic N) is 1. The molecule has 0 amide bonds. The van der Waals surface area contributed by atoms with Crippen molar-refractivity contribution in [1.82, 2.24) is 5.43 Å². The normalized spacial score (nSPS) is 14.8. The van der Waals surface area contributed by atoms with E-state index in [0.717, 1.165) is 33.1 Å². The average molecular weight is 475 g/mol. The largest absolute Gasteiger partial charge is 0.297 e. The average Bonchev–Trinajstić information content (AvgIpc) is 3.35. The maximum absolute atomic E-state index is 5.96. The molecule has 1 aliphatic heterocycles. The molecule has 1 heterocycles. The van der Waals surface area contributed by atoms with Crippen LogP contribution in [0.15, 0.2) is 109 Å². The Morgan fingerprint density at radius 3 is 1.94 bits per heavy atom. The lowest BCUT2D eigenvalue weighted by Crippen LogP contribution is -2.33. The molecule has 5 rings (SSSR count). The van der Waals surface area contributed by atoms with Crippen LogP contribution in [0.1, 0.15) is 53.6 Å². The number of anilines is 1. The van der Waals surface area contributed by atoms with Crippen molar-refractivity contribution in [3.8, 4) is 11.8 Å². The van der Waals surface area contributed by atoms with E-state index in [1.165, 1.54) is 11.1 Å². The number of hydrazine groups is 1. The highest BCUT2D eigenvalue weighted by atomic mass is 35.5. The van der Waals surface area contributed by atoms with E-state index < -0.39 is 0 Å². The number of hydrogen-bond acceptors (Lipinski definition) is 2. The van der Waals surface area contributed by atoms with Crippen molar-refractivity contribution >= 4 is 23.0 Å². The highest BCUT2D eigenvalue weighted by Gasteiger charge is 2.27. The zero-order valence-electron chi connectivity index (χ0n) is 19.9. The first-order chi connectivity index (χ1) is 17.1. The number of para-hydroxylation sites is 1. The zero-order valence-corrected chi connectivity index (χ0v) is 20.6. The fourth-order valence-electron chi connectivity index (χ4n) is 4.18. The first-order valence-electron chi connectivity index (χ1n) is 11.9. The molecule has 3 heteroatoms. The van der Waals surface area contributed by atoms with Crippen molar-refractivity contribution in [3.63, 3.8) is 0 Å². The molecule has 0 spiro atoms. The predicted octanol–water partition coefficient (Wildman–Crippen LogP) is 7.97. The van der Waals surface area contributed by atoms with Gasteiger partial charge in [0.15, 0.2) is 0 Å². The van der Waals surface area contributed by atoms with Crippen molar-refractivity contribution in [2.45, 2.75) is 25.8 Å². The molecule has 35 heavy (non-hydrogen) atoms. The molecule has 2 nitrogen and oxygen atoms in total. The van der Waals surface area contributed by atoms with Crippen LogP contribution in [0.3, 0.4) is 0 Å². The first kappa shape index (κ1) is 22.8. The highest BCUT2D eigenvalue weighted by Crippen LogP contribution is 2.35. The maximum Gasteiger partial charge on any atom is 0.0958 e. The van der Waals surface area contributed by atoms with Crippen molar-refractivity contribution in [2.24, 2.45) is 0 Å². The number of halogens is 1. The second kappa shape index (κ2) is 10.1. The molecule has 1 unspecified atom stereocenters. The molecule has 1 atom stereocenters. The van der Waals surface area contributed by atoms with Crippen molar-refractivity contribution in [2.75, 3.05) is 5.01 Å². The summed E-state index contributed by atoms with van der Waals surface area (Å²) in [7, 11) is 0. The molecule has 0 radical (unpaired) electrons. The molecule has 4 aromatic rings. The van der Waals surface area contributed by atoms with E-state index in [-0.39, 0.29) is 6.04 Å². The van der Waals surface area contributed by atoms with Gasteiger partial charge in [-0.05, 0) is 77.2 Å². The number of hydrogen-bond donors (Lipinski definition) is 1. The molecular formula is C32H27ClN2. The van der Waals surface area contributed by atoms with E-state index in [4.69, 9.17) is 11.6 Å². The van der Waals surface area contributed by atoms with Crippen LogP contribution in [-0.4, -0.2) is 0 Å². The molecule has 0 saturated heterocycles. The van der Waals surface area contributed by atoms with E-state index in [1.807, 2.05) is 30.3 Å². The summed E-state index contributed by atoms with van der Waals surface area (Å²) in [6.07, 6.45) is 2.30. The Labute approximate surface area is 212 Å². The van der Waals surface area contributed by atoms with E-state index >= 15 is 0 Å². The molecule has 172 valence electrons. The van der Waals surface area contributed by atoms with E-state index in [1.54, 1.807) is 0 Å². The van der Waals surface area contributed by atoms with Gasteiger partial charge in [0.2, 0.25) is 0 Å². The number of rotatable bonds is 4. The minimum Gasteiger partial charge on any atom is -0.297 e. The summed E-state index contributed by atoms with van der Waals surface area (Å²) in [4.78, 5) is 0. The van der Waals surface area contributed by atoms with Crippen LogP contribution in [0.25, 0.3) is 5.70 Å². The Balaban J connectivity index is 1.41. The molecule has 0 aliphatic carbocycles. The van der Waals surface area contributed by atoms with Crippen LogP contribution in [0.2, 0.25) is 5.02 Å². The third-order valence-corrected chi connectivity index (χ3v) is 6.47. The van der Waals surface area contributed by atoms with Gasteiger partial charge in [-0.3, -0.25) is 10.4 Å². The van der Waals surface area contributed by atoms with Gasteiger partial charge in [-0.1, -0.05) is 91.9 Å². The Bertz CT molecular complexity index is 1370. The molecule has 0 aromatic heterocycles. The third-order valence-electron chi connectivity index (χ3n) is 6.21. The van der Waals surface area contributed by atoms with E-state index in [9.17, 15) is 0 Å². The molecule has 1 N–H and O–H groups in total. The van der Waals surface area contributed by atoms with Crippen molar-refractivity contribution in [1.29, 1.82) is 0 Å². The van der Waals surface area contributed by atoms with Crippen LogP contribution in [-0.2, 0) is 0 Å². The van der Waals surface area contributed by atoms with Gasteiger partial charge in [0, 0.05) is 16.1 Å². The fourth-order valence-corrected chi connectivity index (χ4v) is 4.30. The SMILES string of the molecule is CC(C)c1ccc(C2C=C(c3ccc(C#Cc4ccc(Cl)cc4)cc3)NN2c2ccccc2)cc1. The summed E-state index contributed by atoms with van der Waals surface area (Å²) in [6, 6.07) is 35.5. The lowest BCUT2D eigenvalue weighted by atomic mass is 9.98.